The number of rotatable bonds is 3. The Morgan fingerprint density at radius 2 is 1.81 bits per heavy atom. The number of nitrogens with one attached hydrogen (secondary N) is 2. The minimum Gasteiger partial charge on any atom is -0.451 e. The molecule has 2 N–H and O–H groups in total. The number of thiocarbonyl (C=S) groups is 1. The van der Waals surface area contributed by atoms with Crippen LogP contribution in [0.3, 0.4) is 0 Å². The Morgan fingerprint density at radius 3 is 2.54 bits per heavy atom. The third-order valence-corrected chi connectivity index (χ3v) is 4.87. The molecule has 0 aliphatic carbocycles. The molecule has 3 rings (SSSR count). The number of benzene rings is 2. The second kappa shape index (κ2) is 7.85. The van der Waals surface area contributed by atoms with Gasteiger partial charge in [-0.05, 0) is 83.5 Å². The first kappa shape index (κ1) is 18.4. The molecule has 26 heavy (non-hydrogen) atoms. The molecule has 1 amide bonds. The van der Waals surface area contributed by atoms with Gasteiger partial charge in [0.25, 0.3) is 5.91 Å². The van der Waals surface area contributed by atoms with E-state index in [1.54, 1.807) is 12.1 Å². The number of para-hydroxylation sites is 1. The topological polar surface area (TPSA) is 54.3 Å². The Morgan fingerprint density at radius 1 is 1.04 bits per heavy atom. The molecule has 0 saturated heterocycles. The summed E-state index contributed by atoms with van der Waals surface area (Å²) in [5.74, 6) is 0.446. The first-order chi connectivity index (χ1) is 12.4. The van der Waals surface area contributed by atoms with E-state index in [4.69, 9.17) is 16.6 Å². The smallest absolute Gasteiger partial charge is 0.293 e. The Kier molecular flexibility index (Phi) is 5.54. The molecule has 1 aromatic heterocycles. The van der Waals surface area contributed by atoms with Gasteiger partial charge in [0, 0.05) is 10.0 Å². The van der Waals surface area contributed by atoms with E-state index in [1.807, 2.05) is 49.4 Å². The third kappa shape index (κ3) is 4.20. The lowest BCUT2D eigenvalue weighted by Crippen LogP contribution is -2.33. The fraction of sp³-hybridized carbons (Fsp3) is 0.100. The Labute approximate surface area is 165 Å². The fourth-order valence-electron chi connectivity index (χ4n) is 2.39. The fourth-order valence-corrected chi connectivity index (χ4v) is 2.98. The second-order valence-corrected chi connectivity index (χ2v) is 7.11. The summed E-state index contributed by atoms with van der Waals surface area (Å²) in [5.41, 5.74) is 4.08. The van der Waals surface area contributed by atoms with E-state index >= 15 is 0 Å². The normalized spacial score (nSPS) is 10.4. The average molecular weight is 429 g/mol. The van der Waals surface area contributed by atoms with Crippen LogP contribution in [0.15, 0.2) is 63.5 Å². The highest BCUT2D eigenvalue weighted by atomic mass is 79.9. The number of carbonyl (C=O) groups excluding carboxylic acids is 1. The maximum atomic E-state index is 12.4. The molecule has 1 heterocycles. The van der Waals surface area contributed by atoms with Gasteiger partial charge in [-0.1, -0.05) is 24.3 Å². The van der Waals surface area contributed by atoms with Crippen LogP contribution in [0.5, 0.6) is 0 Å². The van der Waals surface area contributed by atoms with E-state index in [2.05, 4.69) is 33.5 Å². The van der Waals surface area contributed by atoms with E-state index in [9.17, 15) is 4.79 Å². The second-order valence-electron chi connectivity index (χ2n) is 5.85. The van der Waals surface area contributed by atoms with Crippen molar-refractivity contribution in [2.45, 2.75) is 13.8 Å². The SMILES string of the molecule is Cc1ccc(-c2ccc(C(=O)NC(=S)Nc3ccccc3Br)o2)cc1C. The molecule has 0 spiro atoms. The highest BCUT2D eigenvalue weighted by molar-refractivity contribution is 9.10. The van der Waals surface area contributed by atoms with Crippen molar-refractivity contribution in [3.05, 3.63) is 76.0 Å². The lowest BCUT2D eigenvalue weighted by molar-refractivity contribution is 0.0951. The maximum absolute atomic E-state index is 12.4. The van der Waals surface area contributed by atoms with Crippen molar-refractivity contribution in [3.63, 3.8) is 0 Å². The van der Waals surface area contributed by atoms with Crippen LogP contribution in [0.1, 0.15) is 21.7 Å². The van der Waals surface area contributed by atoms with Crippen LogP contribution in [0.2, 0.25) is 0 Å². The molecule has 0 fully saturated rings. The molecule has 0 unspecified atom stereocenters. The summed E-state index contributed by atoms with van der Waals surface area (Å²) in [4.78, 5) is 12.4. The van der Waals surface area contributed by atoms with Crippen molar-refractivity contribution in [1.82, 2.24) is 5.32 Å². The van der Waals surface area contributed by atoms with Crippen LogP contribution in [-0.4, -0.2) is 11.0 Å². The van der Waals surface area contributed by atoms with Gasteiger partial charge in [0.1, 0.15) is 5.76 Å². The molecule has 6 heteroatoms. The molecule has 0 atom stereocenters. The van der Waals surface area contributed by atoms with Gasteiger partial charge in [-0.3, -0.25) is 10.1 Å². The lowest BCUT2D eigenvalue weighted by Gasteiger charge is -2.10. The van der Waals surface area contributed by atoms with Gasteiger partial charge in [0.15, 0.2) is 10.9 Å². The maximum Gasteiger partial charge on any atom is 0.293 e. The van der Waals surface area contributed by atoms with E-state index < -0.39 is 5.91 Å². The van der Waals surface area contributed by atoms with Crippen molar-refractivity contribution in [2.24, 2.45) is 0 Å². The van der Waals surface area contributed by atoms with Crippen molar-refractivity contribution >= 4 is 44.9 Å². The molecule has 0 aliphatic heterocycles. The van der Waals surface area contributed by atoms with Gasteiger partial charge in [-0.25, -0.2) is 0 Å². The third-order valence-electron chi connectivity index (χ3n) is 3.97. The van der Waals surface area contributed by atoms with Gasteiger partial charge >= 0.3 is 0 Å². The first-order valence-corrected chi connectivity index (χ1v) is 9.18. The molecular formula is C20H17BrN2O2S. The number of halogens is 1. The minimum atomic E-state index is -0.398. The summed E-state index contributed by atoms with van der Waals surface area (Å²) >= 11 is 8.62. The molecule has 132 valence electrons. The van der Waals surface area contributed by atoms with Gasteiger partial charge in [-0.15, -0.1) is 0 Å². The molecule has 3 aromatic rings. The number of carbonyl (C=O) groups is 1. The predicted octanol–water partition coefficient (Wildman–Crippen LogP) is 5.45. The lowest BCUT2D eigenvalue weighted by atomic mass is 10.1. The molecule has 2 aromatic carbocycles. The quantitative estimate of drug-likeness (QED) is 0.544. The van der Waals surface area contributed by atoms with E-state index in [0.717, 1.165) is 15.7 Å². The van der Waals surface area contributed by atoms with Gasteiger partial charge in [0.2, 0.25) is 0 Å². The molecule has 0 radical (unpaired) electrons. The Bertz CT molecular complexity index is 981. The highest BCUT2D eigenvalue weighted by Crippen LogP contribution is 2.24. The zero-order valence-corrected chi connectivity index (χ0v) is 16.7. The van der Waals surface area contributed by atoms with Gasteiger partial charge < -0.3 is 9.73 Å². The first-order valence-electron chi connectivity index (χ1n) is 7.98. The summed E-state index contributed by atoms with van der Waals surface area (Å²) in [6.07, 6.45) is 0. The van der Waals surface area contributed by atoms with Crippen molar-refractivity contribution in [3.8, 4) is 11.3 Å². The molecular weight excluding hydrogens is 412 g/mol. The monoisotopic (exact) mass is 428 g/mol. The summed E-state index contributed by atoms with van der Waals surface area (Å²) in [7, 11) is 0. The van der Waals surface area contributed by atoms with Crippen molar-refractivity contribution in [2.75, 3.05) is 5.32 Å². The number of hydrogen-bond acceptors (Lipinski definition) is 3. The number of amides is 1. The zero-order chi connectivity index (χ0) is 18.7. The van der Waals surface area contributed by atoms with Crippen molar-refractivity contribution in [1.29, 1.82) is 0 Å². The number of anilines is 1. The molecule has 0 aliphatic rings. The van der Waals surface area contributed by atoms with E-state index in [-0.39, 0.29) is 10.9 Å². The standard InChI is InChI=1S/C20H17BrN2O2S/c1-12-7-8-14(11-13(12)2)17-9-10-18(25-17)19(24)23-20(26)22-16-6-4-3-5-15(16)21/h3-11H,1-2H3,(H2,22,23,24,26). The van der Waals surface area contributed by atoms with Crippen LogP contribution in [0.25, 0.3) is 11.3 Å². The largest absolute Gasteiger partial charge is 0.451 e. The summed E-state index contributed by atoms with van der Waals surface area (Å²) in [5, 5.41) is 5.80. The number of furan rings is 1. The van der Waals surface area contributed by atoms with E-state index in [0.29, 0.717) is 5.76 Å². The van der Waals surface area contributed by atoms with Crippen LogP contribution in [0, 0.1) is 13.8 Å². The average Bonchev–Trinajstić information content (AvgIpc) is 3.09. The van der Waals surface area contributed by atoms with Crippen molar-refractivity contribution < 1.29 is 9.21 Å². The minimum absolute atomic E-state index is 0.200. The zero-order valence-electron chi connectivity index (χ0n) is 14.3. The molecule has 4 nitrogen and oxygen atoms in total. The van der Waals surface area contributed by atoms with Crippen LogP contribution in [0.4, 0.5) is 5.69 Å². The summed E-state index contributed by atoms with van der Waals surface area (Å²) < 4.78 is 6.55. The van der Waals surface area contributed by atoms with Crippen LogP contribution >= 0.6 is 28.1 Å². The van der Waals surface area contributed by atoms with E-state index in [1.165, 1.54) is 11.1 Å². The Balaban J connectivity index is 1.69. The number of hydrogen-bond donors (Lipinski definition) is 2. The van der Waals surface area contributed by atoms with Gasteiger partial charge in [0.05, 0.1) is 5.69 Å². The summed E-state index contributed by atoms with van der Waals surface area (Å²) in [6, 6.07) is 17.0. The highest BCUT2D eigenvalue weighted by Gasteiger charge is 2.14. The summed E-state index contributed by atoms with van der Waals surface area (Å²) in [6.45, 7) is 4.10. The predicted molar refractivity (Wildman–Crippen MR) is 111 cm³/mol. The van der Waals surface area contributed by atoms with Crippen LogP contribution in [-0.2, 0) is 0 Å². The molecule has 0 bridgehead atoms. The number of aryl methyl sites for hydroxylation is 2. The van der Waals surface area contributed by atoms with Gasteiger partial charge in [-0.2, -0.15) is 0 Å². The molecule has 0 saturated carbocycles. The van der Waals surface area contributed by atoms with Crippen LogP contribution < -0.4 is 10.6 Å². The Hall–Kier alpha value is -2.44.